The molecule has 0 aliphatic rings. The Morgan fingerprint density at radius 2 is 2.00 bits per heavy atom. The molecule has 3 nitrogen and oxygen atoms in total. The molecule has 0 saturated heterocycles. The van der Waals surface area contributed by atoms with Gasteiger partial charge in [-0.3, -0.25) is 4.79 Å². The smallest absolute Gasteiger partial charge is 0.255 e. The van der Waals surface area contributed by atoms with Crippen molar-refractivity contribution in [1.29, 1.82) is 0 Å². The molecule has 18 heavy (non-hydrogen) atoms. The highest BCUT2D eigenvalue weighted by Crippen LogP contribution is 2.25. The number of carbonyl (C=O) groups is 1. The Morgan fingerprint density at radius 1 is 1.22 bits per heavy atom. The minimum atomic E-state index is -0.262. The summed E-state index contributed by atoms with van der Waals surface area (Å²) in [6, 6.07) is 8.12. The van der Waals surface area contributed by atoms with E-state index in [1.165, 1.54) is 0 Å². The largest absolute Gasteiger partial charge is 0.321 e. The third-order valence-electron chi connectivity index (χ3n) is 2.17. The highest BCUT2D eigenvalue weighted by molar-refractivity contribution is 9.10. The number of aromatic nitrogens is 1. The fraction of sp³-hybridized carbons (Fsp3) is 0. The second-order valence-corrected chi connectivity index (χ2v) is 5.10. The minimum absolute atomic E-state index is 0.262. The fourth-order valence-corrected chi connectivity index (χ4v) is 2.15. The summed E-state index contributed by atoms with van der Waals surface area (Å²) in [6.45, 7) is 0. The van der Waals surface area contributed by atoms with Gasteiger partial charge in [-0.05, 0) is 46.3 Å². The lowest BCUT2D eigenvalue weighted by Crippen LogP contribution is -2.12. The molecule has 2 aromatic rings. The van der Waals surface area contributed by atoms with Crippen molar-refractivity contribution in [3.05, 3.63) is 56.7 Å². The zero-order chi connectivity index (χ0) is 13.1. The summed E-state index contributed by atoms with van der Waals surface area (Å²) < 4.78 is 0.595. The van der Waals surface area contributed by atoms with Gasteiger partial charge in [0.15, 0.2) is 0 Å². The number of nitrogens with one attached hydrogen (secondary N) is 1. The van der Waals surface area contributed by atoms with Gasteiger partial charge in [0, 0.05) is 16.8 Å². The molecule has 0 aliphatic carbocycles. The van der Waals surface area contributed by atoms with Gasteiger partial charge in [0.25, 0.3) is 5.91 Å². The van der Waals surface area contributed by atoms with Crippen LogP contribution in [0.25, 0.3) is 0 Å². The van der Waals surface area contributed by atoms with Gasteiger partial charge < -0.3 is 5.32 Å². The van der Waals surface area contributed by atoms with Crippen molar-refractivity contribution >= 4 is 50.7 Å². The number of pyridine rings is 1. The summed E-state index contributed by atoms with van der Waals surface area (Å²) in [5.41, 5.74) is 1.00. The highest BCUT2D eigenvalue weighted by atomic mass is 79.9. The fourth-order valence-electron chi connectivity index (χ4n) is 1.33. The summed E-state index contributed by atoms with van der Waals surface area (Å²) in [5, 5.41) is 3.61. The molecule has 0 fully saturated rings. The zero-order valence-corrected chi connectivity index (χ0v) is 12.1. The molecule has 2 rings (SSSR count). The number of nitrogens with zero attached hydrogens (tertiary/aromatic N) is 1. The molecule has 1 aromatic carbocycles. The van der Waals surface area contributed by atoms with E-state index >= 15 is 0 Å². The Balaban J connectivity index is 2.21. The van der Waals surface area contributed by atoms with Gasteiger partial charge in [0.1, 0.15) is 4.60 Å². The lowest BCUT2D eigenvalue weighted by molar-refractivity contribution is 0.102. The normalized spacial score (nSPS) is 10.2. The van der Waals surface area contributed by atoms with Crippen LogP contribution in [-0.4, -0.2) is 10.9 Å². The molecule has 0 unspecified atom stereocenters. The molecule has 0 aliphatic heterocycles. The minimum Gasteiger partial charge on any atom is -0.321 e. The average Bonchev–Trinajstić information content (AvgIpc) is 2.32. The van der Waals surface area contributed by atoms with E-state index in [4.69, 9.17) is 23.2 Å². The van der Waals surface area contributed by atoms with Crippen molar-refractivity contribution in [2.24, 2.45) is 0 Å². The monoisotopic (exact) mass is 344 g/mol. The number of hydrogen-bond acceptors (Lipinski definition) is 2. The third-order valence-corrected chi connectivity index (χ3v) is 3.15. The van der Waals surface area contributed by atoms with Crippen LogP contribution in [0.1, 0.15) is 10.4 Å². The van der Waals surface area contributed by atoms with Crippen LogP contribution in [0, 0.1) is 0 Å². The second-order valence-electron chi connectivity index (χ2n) is 3.45. The van der Waals surface area contributed by atoms with Crippen molar-refractivity contribution in [2.75, 3.05) is 5.32 Å². The number of hydrogen-bond donors (Lipinski definition) is 1. The van der Waals surface area contributed by atoms with E-state index in [9.17, 15) is 4.79 Å². The summed E-state index contributed by atoms with van der Waals surface area (Å²) in [6.07, 6.45) is 1.54. The summed E-state index contributed by atoms with van der Waals surface area (Å²) in [4.78, 5) is 15.9. The van der Waals surface area contributed by atoms with E-state index < -0.39 is 0 Å². The van der Waals surface area contributed by atoms with Crippen LogP contribution < -0.4 is 5.32 Å². The number of rotatable bonds is 2. The standard InChI is InChI=1S/C12H7BrCl2N2O/c13-11-5-7(3-4-16-11)12(18)17-10-2-1-8(14)6-9(10)15/h1-6H,(H,17,18). The molecule has 1 N–H and O–H groups in total. The van der Waals surface area contributed by atoms with Crippen LogP contribution in [0.5, 0.6) is 0 Å². The number of halogens is 3. The predicted octanol–water partition coefficient (Wildman–Crippen LogP) is 4.40. The zero-order valence-electron chi connectivity index (χ0n) is 8.95. The predicted molar refractivity (Wildman–Crippen MR) is 76.4 cm³/mol. The van der Waals surface area contributed by atoms with E-state index in [1.54, 1.807) is 36.5 Å². The average molecular weight is 346 g/mol. The Labute approximate surface area is 122 Å². The van der Waals surface area contributed by atoms with Crippen LogP contribution in [0.2, 0.25) is 10.0 Å². The molecule has 0 radical (unpaired) electrons. The van der Waals surface area contributed by atoms with Crippen molar-refractivity contribution in [1.82, 2.24) is 4.98 Å². The first kappa shape index (κ1) is 13.3. The number of amides is 1. The maximum absolute atomic E-state index is 12.0. The Morgan fingerprint density at radius 3 is 2.67 bits per heavy atom. The molecule has 1 amide bonds. The maximum Gasteiger partial charge on any atom is 0.255 e. The highest BCUT2D eigenvalue weighted by Gasteiger charge is 2.09. The molecular formula is C12H7BrCl2N2O. The number of carbonyl (C=O) groups excluding carboxylic acids is 1. The van der Waals surface area contributed by atoms with E-state index in [0.29, 0.717) is 25.9 Å². The Hall–Kier alpha value is -1.10. The van der Waals surface area contributed by atoms with Crippen LogP contribution in [0.4, 0.5) is 5.69 Å². The molecule has 6 heteroatoms. The van der Waals surface area contributed by atoms with Gasteiger partial charge in [0.05, 0.1) is 10.7 Å². The van der Waals surface area contributed by atoms with Gasteiger partial charge in [-0.1, -0.05) is 23.2 Å². The van der Waals surface area contributed by atoms with Crippen LogP contribution in [-0.2, 0) is 0 Å². The molecule has 0 saturated carbocycles. The summed E-state index contributed by atoms with van der Waals surface area (Å²) in [5.74, 6) is -0.262. The first-order chi connectivity index (χ1) is 8.56. The molecule has 1 aromatic heterocycles. The lowest BCUT2D eigenvalue weighted by Gasteiger charge is -2.07. The van der Waals surface area contributed by atoms with E-state index in [0.717, 1.165) is 0 Å². The molecule has 1 heterocycles. The maximum atomic E-state index is 12.0. The van der Waals surface area contributed by atoms with Gasteiger partial charge in [-0.2, -0.15) is 0 Å². The van der Waals surface area contributed by atoms with Gasteiger partial charge in [-0.15, -0.1) is 0 Å². The number of anilines is 1. The molecule has 92 valence electrons. The SMILES string of the molecule is O=C(Nc1ccc(Cl)cc1Cl)c1ccnc(Br)c1. The molecular weight excluding hydrogens is 339 g/mol. The van der Waals surface area contributed by atoms with Crippen molar-refractivity contribution in [3.63, 3.8) is 0 Å². The molecule has 0 spiro atoms. The van der Waals surface area contributed by atoms with E-state index in [-0.39, 0.29) is 5.91 Å². The van der Waals surface area contributed by atoms with Gasteiger partial charge in [0.2, 0.25) is 0 Å². The Kier molecular flexibility index (Phi) is 4.22. The first-order valence-electron chi connectivity index (χ1n) is 4.94. The van der Waals surface area contributed by atoms with Crippen molar-refractivity contribution < 1.29 is 4.79 Å². The van der Waals surface area contributed by atoms with E-state index in [1.807, 2.05) is 0 Å². The molecule has 0 atom stereocenters. The first-order valence-corrected chi connectivity index (χ1v) is 6.49. The van der Waals surface area contributed by atoms with E-state index in [2.05, 4.69) is 26.2 Å². The molecule has 0 bridgehead atoms. The third kappa shape index (κ3) is 3.22. The van der Waals surface area contributed by atoms with Gasteiger partial charge >= 0.3 is 0 Å². The summed E-state index contributed by atoms with van der Waals surface area (Å²) >= 11 is 15.0. The van der Waals surface area contributed by atoms with Crippen LogP contribution >= 0.6 is 39.1 Å². The van der Waals surface area contributed by atoms with Gasteiger partial charge in [-0.25, -0.2) is 4.98 Å². The summed E-state index contributed by atoms with van der Waals surface area (Å²) in [7, 11) is 0. The van der Waals surface area contributed by atoms with Crippen molar-refractivity contribution in [2.45, 2.75) is 0 Å². The second kappa shape index (κ2) is 5.69. The quantitative estimate of drug-likeness (QED) is 0.819. The lowest BCUT2D eigenvalue weighted by atomic mass is 10.2. The topological polar surface area (TPSA) is 42.0 Å². The Bertz CT molecular complexity index is 604. The number of benzene rings is 1. The van der Waals surface area contributed by atoms with Crippen LogP contribution in [0.15, 0.2) is 41.1 Å². The van der Waals surface area contributed by atoms with Crippen molar-refractivity contribution in [3.8, 4) is 0 Å². The van der Waals surface area contributed by atoms with Crippen LogP contribution in [0.3, 0.4) is 0 Å².